The Labute approximate surface area is 209 Å². The van der Waals surface area contributed by atoms with Gasteiger partial charge in [0.15, 0.2) is 0 Å². The van der Waals surface area contributed by atoms with E-state index in [1.165, 1.54) is 19.1 Å². The number of carbonyl (C=O) groups excluding carboxylic acids is 1. The van der Waals surface area contributed by atoms with E-state index in [0.717, 1.165) is 11.1 Å². The number of anilines is 1. The molecule has 0 unspecified atom stereocenters. The number of carbonyl (C=O) groups is 1. The van der Waals surface area contributed by atoms with Crippen LogP contribution in [0.2, 0.25) is 0 Å². The molecule has 5 nitrogen and oxygen atoms in total. The fraction of sp³-hybridized carbons (Fsp3) is 0.207. The Hall–Kier alpha value is -4.13. The van der Waals surface area contributed by atoms with Gasteiger partial charge < -0.3 is 10.1 Å². The quantitative estimate of drug-likeness (QED) is 0.277. The lowest BCUT2D eigenvalue weighted by Crippen LogP contribution is -2.15. The highest BCUT2D eigenvalue weighted by Crippen LogP contribution is 2.32. The number of hydrogen-bond acceptors (Lipinski definition) is 4. The molecule has 0 aliphatic carbocycles. The molecule has 184 valence electrons. The minimum Gasteiger partial charge on any atom is -0.468 e. The normalized spacial score (nSPS) is 12.1. The molecular formula is C29H27F2N3O2. The molecule has 36 heavy (non-hydrogen) atoms. The van der Waals surface area contributed by atoms with Gasteiger partial charge in [-0.3, -0.25) is 4.79 Å². The first-order valence-corrected chi connectivity index (χ1v) is 11.8. The molecule has 4 aromatic rings. The highest BCUT2D eigenvalue weighted by atomic mass is 19.3. The van der Waals surface area contributed by atoms with Crippen molar-refractivity contribution >= 4 is 11.6 Å². The zero-order chi connectivity index (χ0) is 25.5. The summed E-state index contributed by atoms with van der Waals surface area (Å²) in [6, 6.07) is 23.0. The van der Waals surface area contributed by atoms with E-state index in [4.69, 9.17) is 4.74 Å². The first-order valence-electron chi connectivity index (χ1n) is 11.8. The molecule has 1 N–H and O–H groups in total. The van der Waals surface area contributed by atoms with Crippen molar-refractivity contribution in [2.45, 2.75) is 38.7 Å². The second-order valence-electron chi connectivity index (χ2n) is 8.44. The van der Waals surface area contributed by atoms with Crippen molar-refractivity contribution in [3.8, 4) is 17.1 Å². The molecule has 0 radical (unpaired) electrons. The van der Waals surface area contributed by atoms with Crippen LogP contribution in [0, 0.1) is 0 Å². The van der Waals surface area contributed by atoms with E-state index < -0.39 is 5.92 Å². The largest absolute Gasteiger partial charge is 0.468 e. The molecule has 1 atom stereocenters. The Balaban J connectivity index is 1.41. The van der Waals surface area contributed by atoms with E-state index in [-0.39, 0.29) is 30.4 Å². The number of nitrogens with zero attached hydrogens (tertiary/aromatic N) is 2. The fourth-order valence-electron chi connectivity index (χ4n) is 3.74. The van der Waals surface area contributed by atoms with Crippen LogP contribution in [0.5, 0.6) is 5.88 Å². The van der Waals surface area contributed by atoms with Crippen molar-refractivity contribution in [1.82, 2.24) is 9.97 Å². The summed E-state index contributed by atoms with van der Waals surface area (Å²) in [7, 11) is 0. The Morgan fingerprint density at radius 1 is 0.944 bits per heavy atom. The summed E-state index contributed by atoms with van der Waals surface area (Å²) < 4.78 is 33.7. The van der Waals surface area contributed by atoms with Crippen LogP contribution < -0.4 is 10.1 Å². The Morgan fingerprint density at radius 3 is 2.28 bits per heavy atom. The number of nitrogens with one attached hydrogen (secondary N) is 1. The second-order valence-corrected chi connectivity index (χ2v) is 8.44. The summed E-state index contributed by atoms with van der Waals surface area (Å²) in [5.74, 6) is -2.68. The molecule has 0 aliphatic rings. The van der Waals surface area contributed by atoms with Crippen molar-refractivity contribution in [3.63, 3.8) is 0 Å². The van der Waals surface area contributed by atoms with E-state index in [0.29, 0.717) is 22.8 Å². The first kappa shape index (κ1) is 25.0. The maximum atomic E-state index is 13.8. The lowest BCUT2D eigenvalue weighted by Gasteiger charge is -2.16. The molecule has 0 saturated heterocycles. The first-order chi connectivity index (χ1) is 17.4. The van der Waals surface area contributed by atoms with E-state index >= 15 is 0 Å². The summed E-state index contributed by atoms with van der Waals surface area (Å²) in [5.41, 5.74) is 3.65. The molecule has 0 saturated carbocycles. The Kier molecular flexibility index (Phi) is 7.68. The zero-order valence-electron chi connectivity index (χ0n) is 20.1. The van der Waals surface area contributed by atoms with Gasteiger partial charge in [-0.05, 0) is 30.2 Å². The number of halogens is 2. The SMILES string of the molecule is CCC(F)(F)c1ccc(CC(=O)Nc2ccc(-c3nccnc3O[C@H](C)c3ccccc3)cc2)cc1. The molecule has 0 aliphatic heterocycles. The van der Waals surface area contributed by atoms with Gasteiger partial charge in [0.25, 0.3) is 5.92 Å². The third-order valence-corrected chi connectivity index (χ3v) is 5.85. The van der Waals surface area contributed by atoms with E-state index in [1.54, 1.807) is 36.7 Å². The molecular weight excluding hydrogens is 460 g/mol. The van der Waals surface area contributed by atoms with Gasteiger partial charge in [0, 0.05) is 35.6 Å². The van der Waals surface area contributed by atoms with Gasteiger partial charge in [0.05, 0.1) is 6.42 Å². The molecule has 7 heteroatoms. The molecule has 0 spiro atoms. The van der Waals surface area contributed by atoms with Crippen LogP contribution in [0.15, 0.2) is 91.3 Å². The second kappa shape index (κ2) is 11.1. The average Bonchev–Trinajstić information content (AvgIpc) is 2.90. The summed E-state index contributed by atoms with van der Waals surface area (Å²) >= 11 is 0. The van der Waals surface area contributed by atoms with E-state index in [2.05, 4.69) is 15.3 Å². The van der Waals surface area contributed by atoms with Gasteiger partial charge in [-0.15, -0.1) is 0 Å². The maximum absolute atomic E-state index is 13.8. The molecule has 0 bridgehead atoms. The monoisotopic (exact) mass is 487 g/mol. The van der Waals surface area contributed by atoms with Crippen LogP contribution in [-0.4, -0.2) is 15.9 Å². The molecule has 0 fully saturated rings. The summed E-state index contributed by atoms with van der Waals surface area (Å²) in [6.45, 7) is 3.39. The summed E-state index contributed by atoms with van der Waals surface area (Å²) in [5, 5.41) is 2.84. The highest BCUT2D eigenvalue weighted by Gasteiger charge is 2.28. The Bertz CT molecular complexity index is 1290. The fourth-order valence-corrected chi connectivity index (χ4v) is 3.74. The van der Waals surface area contributed by atoms with Crippen molar-refractivity contribution in [3.05, 3.63) is 108 Å². The number of alkyl halides is 2. The van der Waals surface area contributed by atoms with E-state index in [1.807, 2.05) is 49.4 Å². The van der Waals surface area contributed by atoms with Crippen molar-refractivity contribution in [2.24, 2.45) is 0 Å². The standard InChI is InChI=1S/C29H27F2N3O2/c1-3-29(30,31)24-13-9-21(10-14-24)19-26(35)34-25-15-11-23(12-16-25)27-28(33-18-17-32-27)36-20(2)22-7-5-4-6-8-22/h4-18,20H,3,19H2,1-2H3,(H,34,35)/t20-/m1/s1. The summed E-state index contributed by atoms with van der Waals surface area (Å²) in [6.07, 6.45) is 2.80. The number of ether oxygens (including phenoxy) is 1. The van der Waals surface area contributed by atoms with Gasteiger partial charge in [-0.1, -0.05) is 73.7 Å². The van der Waals surface area contributed by atoms with Gasteiger partial charge in [-0.2, -0.15) is 0 Å². The minimum atomic E-state index is -2.86. The predicted octanol–water partition coefficient (Wildman–Crippen LogP) is 6.97. The van der Waals surface area contributed by atoms with Crippen molar-refractivity contribution in [2.75, 3.05) is 5.32 Å². The number of amides is 1. The molecule has 1 aromatic heterocycles. The van der Waals surface area contributed by atoms with Crippen LogP contribution in [0.25, 0.3) is 11.3 Å². The van der Waals surface area contributed by atoms with E-state index in [9.17, 15) is 13.6 Å². The average molecular weight is 488 g/mol. The minimum absolute atomic E-state index is 0.0460. The lowest BCUT2D eigenvalue weighted by molar-refractivity contribution is -0.115. The molecule has 4 rings (SSSR count). The van der Waals surface area contributed by atoms with Crippen molar-refractivity contribution < 1.29 is 18.3 Å². The number of hydrogen-bond donors (Lipinski definition) is 1. The molecule has 1 heterocycles. The topological polar surface area (TPSA) is 64.1 Å². The van der Waals surface area contributed by atoms with Crippen LogP contribution in [0.1, 0.15) is 43.1 Å². The maximum Gasteiger partial charge on any atom is 0.273 e. The van der Waals surface area contributed by atoms with Crippen molar-refractivity contribution in [1.29, 1.82) is 0 Å². The molecule has 3 aromatic carbocycles. The third-order valence-electron chi connectivity index (χ3n) is 5.85. The number of benzene rings is 3. The van der Waals surface area contributed by atoms with Crippen LogP contribution in [0.3, 0.4) is 0 Å². The van der Waals surface area contributed by atoms with Gasteiger partial charge >= 0.3 is 0 Å². The van der Waals surface area contributed by atoms with Gasteiger partial charge in [0.2, 0.25) is 11.8 Å². The van der Waals surface area contributed by atoms with Crippen LogP contribution in [0.4, 0.5) is 14.5 Å². The lowest BCUT2D eigenvalue weighted by atomic mass is 10.0. The smallest absolute Gasteiger partial charge is 0.273 e. The van der Waals surface area contributed by atoms with Gasteiger partial charge in [-0.25, -0.2) is 18.7 Å². The highest BCUT2D eigenvalue weighted by molar-refractivity contribution is 5.92. The predicted molar refractivity (Wildman–Crippen MR) is 136 cm³/mol. The number of rotatable bonds is 9. The van der Waals surface area contributed by atoms with Crippen LogP contribution >= 0.6 is 0 Å². The van der Waals surface area contributed by atoms with Gasteiger partial charge in [0.1, 0.15) is 11.8 Å². The summed E-state index contributed by atoms with van der Waals surface area (Å²) in [4.78, 5) is 21.3. The Morgan fingerprint density at radius 2 is 1.61 bits per heavy atom. The molecule has 1 amide bonds. The van der Waals surface area contributed by atoms with Crippen LogP contribution in [-0.2, 0) is 17.1 Å². The number of aromatic nitrogens is 2. The zero-order valence-corrected chi connectivity index (χ0v) is 20.1. The third kappa shape index (κ3) is 6.10.